The van der Waals surface area contributed by atoms with Crippen molar-refractivity contribution in [3.05, 3.63) is 29.6 Å². The summed E-state index contributed by atoms with van der Waals surface area (Å²) in [6, 6.07) is 4.12. The molecule has 0 heterocycles. The largest absolute Gasteiger partial charge is 0.550 e. The molecule has 21 heavy (non-hydrogen) atoms. The van der Waals surface area contributed by atoms with E-state index in [2.05, 4.69) is 5.32 Å². The Bertz CT molecular complexity index is 601. The fourth-order valence-corrected chi connectivity index (χ4v) is 3.99. The van der Waals surface area contributed by atoms with E-state index in [1.54, 1.807) is 6.92 Å². The first-order valence-electron chi connectivity index (χ1n) is 7.25. The van der Waals surface area contributed by atoms with Gasteiger partial charge in [-0.3, -0.25) is 4.79 Å². The molecule has 0 aliphatic heterocycles. The molecule has 0 unspecified atom stereocenters. The first-order valence-corrected chi connectivity index (χ1v) is 7.25. The second kappa shape index (κ2) is 5.13. The lowest BCUT2D eigenvalue weighted by Crippen LogP contribution is -2.44. The Morgan fingerprint density at radius 1 is 1.24 bits per heavy atom. The van der Waals surface area contributed by atoms with Crippen LogP contribution in [0.25, 0.3) is 0 Å². The highest BCUT2D eigenvalue weighted by molar-refractivity contribution is 5.96. The molecule has 1 amide bonds. The SMILES string of the molecule is Cc1cc(F)ccc1NC(=O)[C@@H]1[C@@H]2CC[C@@H](C2)[C@@H]1C(=O)[O-]. The van der Waals surface area contributed by atoms with Crippen molar-refractivity contribution in [1.82, 2.24) is 0 Å². The van der Waals surface area contributed by atoms with Crippen LogP contribution in [0, 0.1) is 36.4 Å². The van der Waals surface area contributed by atoms with Crippen LogP contribution in [-0.4, -0.2) is 11.9 Å². The van der Waals surface area contributed by atoms with Crippen LogP contribution in [0.15, 0.2) is 18.2 Å². The molecule has 0 radical (unpaired) electrons. The molecule has 4 nitrogen and oxygen atoms in total. The normalized spacial score (nSPS) is 30.4. The number of hydrogen-bond donors (Lipinski definition) is 1. The topological polar surface area (TPSA) is 69.2 Å². The smallest absolute Gasteiger partial charge is 0.228 e. The number of fused-ring (bicyclic) bond motifs is 2. The molecule has 0 aromatic heterocycles. The fraction of sp³-hybridized carbons (Fsp3) is 0.500. The van der Waals surface area contributed by atoms with Crippen LogP contribution >= 0.6 is 0 Å². The lowest BCUT2D eigenvalue weighted by molar-refractivity contribution is -0.314. The number of rotatable bonds is 3. The summed E-state index contributed by atoms with van der Waals surface area (Å²) in [5, 5.41) is 14.1. The number of carboxylic acid groups (broad SMARTS) is 1. The van der Waals surface area contributed by atoms with Gasteiger partial charge in [-0.2, -0.15) is 0 Å². The molecule has 2 bridgehead atoms. The van der Waals surface area contributed by atoms with Crippen LogP contribution in [0.5, 0.6) is 0 Å². The quantitative estimate of drug-likeness (QED) is 0.917. The van der Waals surface area contributed by atoms with Crippen molar-refractivity contribution in [3.63, 3.8) is 0 Å². The van der Waals surface area contributed by atoms with Crippen molar-refractivity contribution in [2.24, 2.45) is 23.7 Å². The number of carbonyl (C=O) groups is 2. The minimum Gasteiger partial charge on any atom is -0.550 e. The Labute approximate surface area is 122 Å². The molecule has 2 aliphatic carbocycles. The van der Waals surface area contributed by atoms with Crippen LogP contribution in [0.3, 0.4) is 0 Å². The number of nitrogens with one attached hydrogen (secondary N) is 1. The molecular weight excluding hydrogens is 273 g/mol. The summed E-state index contributed by atoms with van der Waals surface area (Å²) < 4.78 is 13.1. The number of benzene rings is 1. The summed E-state index contributed by atoms with van der Waals surface area (Å²) in [6.07, 6.45) is 2.55. The number of halogens is 1. The first kappa shape index (κ1) is 14.0. The maximum Gasteiger partial charge on any atom is 0.228 e. The van der Waals surface area contributed by atoms with E-state index in [9.17, 15) is 19.1 Å². The van der Waals surface area contributed by atoms with Gasteiger partial charge in [0.15, 0.2) is 0 Å². The third-order valence-electron chi connectivity index (χ3n) is 4.94. The van der Waals surface area contributed by atoms with Crippen LogP contribution in [-0.2, 0) is 9.59 Å². The zero-order valence-corrected chi connectivity index (χ0v) is 11.8. The van der Waals surface area contributed by atoms with Gasteiger partial charge in [-0.25, -0.2) is 4.39 Å². The van der Waals surface area contributed by atoms with Crippen molar-refractivity contribution in [2.75, 3.05) is 5.32 Å². The van der Waals surface area contributed by atoms with E-state index < -0.39 is 17.8 Å². The Morgan fingerprint density at radius 3 is 2.52 bits per heavy atom. The lowest BCUT2D eigenvalue weighted by atomic mass is 9.78. The van der Waals surface area contributed by atoms with Crippen molar-refractivity contribution >= 4 is 17.6 Å². The molecule has 5 heteroatoms. The zero-order chi connectivity index (χ0) is 15.1. The summed E-state index contributed by atoms with van der Waals surface area (Å²) >= 11 is 0. The molecule has 1 aromatic rings. The maximum absolute atomic E-state index is 13.1. The molecule has 112 valence electrons. The van der Waals surface area contributed by atoms with Gasteiger partial charge in [-0.1, -0.05) is 0 Å². The molecule has 0 spiro atoms. The predicted molar refractivity (Wildman–Crippen MR) is 72.6 cm³/mol. The number of carboxylic acids is 1. The molecule has 1 N–H and O–H groups in total. The monoisotopic (exact) mass is 290 g/mol. The number of aliphatic carboxylic acids is 1. The van der Waals surface area contributed by atoms with Gasteiger partial charge >= 0.3 is 0 Å². The third-order valence-corrected chi connectivity index (χ3v) is 4.94. The van der Waals surface area contributed by atoms with E-state index in [1.165, 1.54) is 18.2 Å². The second-order valence-corrected chi connectivity index (χ2v) is 6.15. The van der Waals surface area contributed by atoms with E-state index in [4.69, 9.17) is 0 Å². The van der Waals surface area contributed by atoms with Crippen molar-refractivity contribution in [3.8, 4) is 0 Å². The summed E-state index contributed by atoms with van der Waals surface area (Å²) in [7, 11) is 0. The zero-order valence-electron chi connectivity index (χ0n) is 11.8. The molecule has 2 fully saturated rings. The highest BCUT2D eigenvalue weighted by atomic mass is 19.1. The fourth-order valence-electron chi connectivity index (χ4n) is 3.99. The van der Waals surface area contributed by atoms with E-state index in [-0.39, 0.29) is 23.6 Å². The van der Waals surface area contributed by atoms with Crippen molar-refractivity contribution < 1.29 is 19.1 Å². The van der Waals surface area contributed by atoms with Crippen LogP contribution in [0.1, 0.15) is 24.8 Å². The van der Waals surface area contributed by atoms with Crippen molar-refractivity contribution in [1.29, 1.82) is 0 Å². The van der Waals surface area contributed by atoms with E-state index in [0.29, 0.717) is 11.3 Å². The molecule has 2 aliphatic rings. The minimum atomic E-state index is -1.13. The summed E-state index contributed by atoms with van der Waals surface area (Å²) in [4.78, 5) is 23.8. The first-order chi connectivity index (χ1) is 9.97. The highest BCUT2D eigenvalue weighted by Crippen LogP contribution is 2.52. The van der Waals surface area contributed by atoms with Gasteiger partial charge < -0.3 is 15.2 Å². The molecule has 2 saturated carbocycles. The van der Waals surface area contributed by atoms with E-state index in [1.807, 2.05) is 0 Å². The maximum atomic E-state index is 13.1. The van der Waals surface area contributed by atoms with Gasteiger partial charge in [-0.15, -0.1) is 0 Å². The van der Waals surface area contributed by atoms with Gasteiger partial charge in [0.2, 0.25) is 5.91 Å². The van der Waals surface area contributed by atoms with Gasteiger partial charge in [0, 0.05) is 23.5 Å². The average molecular weight is 290 g/mol. The number of aryl methyl sites for hydroxylation is 1. The van der Waals surface area contributed by atoms with Gasteiger partial charge in [0.1, 0.15) is 5.82 Å². The summed E-state index contributed by atoms with van der Waals surface area (Å²) in [5.74, 6) is -2.81. The highest BCUT2D eigenvalue weighted by Gasteiger charge is 2.51. The van der Waals surface area contributed by atoms with Crippen molar-refractivity contribution in [2.45, 2.75) is 26.2 Å². The number of anilines is 1. The lowest BCUT2D eigenvalue weighted by Gasteiger charge is -2.30. The Hall–Kier alpha value is -1.91. The molecular formula is C16H17FNO3-. The predicted octanol–water partition coefficient (Wildman–Crippen LogP) is 1.48. The Balaban J connectivity index is 1.80. The summed E-state index contributed by atoms with van der Waals surface area (Å²) in [5.41, 5.74) is 1.15. The number of amides is 1. The Morgan fingerprint density at radius 2 is 1.90 bits per heavy atom. The van der Waals surface area contributed by atoms with Crippen LogP contribution in [0.2, 0.25) is 0 Å². The average Bonchev–Trinajstić information content (AvgIpc) is 3.02. The third kappa shape index (κ3) is 2.41. The molecule has 4 atom stereocenters. The van der Waals surface area contributed by atoms with E-state index in [0.717, 1.165) is 19.3 Å². The molecule has 1 aromatic carbocycles. The van der Waals surface area contributed by atoms with Gasteiger partial charge in [0.25, 0.3) is 0 Å². The van der Waals surface area contributed by atoms with Crippen LogP contribution < -0.4 is 10.4 Å². The van der Waals surface area contributed by atoms with Gasteiger partial charge in [-0.05, 0) is 61.8 Å². The molecule has 0 saturated heterocycles. The second-order valence-electron chi connectivity index (χ2n) is 6.15. The van der Waals surface area contributed by atoms with Crippen LogP contribution in [0.4, 0.5) is 10.1 Å². The standard InChI is InChI=1S/C16H18FNO3/c1-8-6-11(17)4-5-12(8)18-15(19)13-9-2-3-10(7-9)14(13)16(20)21/h4-6,9-10,13-14H,2-3,7H2,1H3,(H,18,19)(H,20,21)/p-1/t9-,10+,13-,14+/m1/s1. The van der Waals surface area contributed by atoms with E-state index >= 15 is 0 Å². The number of hydrogen-bond acceptors (Lipinski definition) is 3. The summed E-state index contributed by atoms with van der Waals surface area (Å²) in [6.45, 7) is 1.70. The van der Waals surface area contributed by atoms with Gasteiger partial charge in [0.05, 0.1) is 0 Å². The molecule has 3 rings (SSSR count). The minimum absolute atomic E-state index is 0.0602. The number of carbonyl (C=O) groups excluding carboxylic acids is 2. The Kier molecular flexibility index (Phi) is 3.43.